The van der Waals surface area contributed by atoms with Crippen molar-refractivity contribution in [3.63, 3.8) is 0 Å². The third-order valence-electron chi connectivity index (χ3n) is 2.77. The third kappa shape index (κ3) is 2.64. The number of carbonyl (C=O) groups excluding carboxylic acids is 1. The number of aromatic nitrogens is 3. The molecule has 0 spiro atoms. The van der Waals surface area contributed by atoms with Crippen LogP contribution in [0, 0.1) is 0 Å². The summed E-state index contributed by atoms with van der Waals surface area (Å²) in [6.07, 6.45) is 0.464. The molecule has 19 heavy (non-hydrogen) atoms. The minimum atomic E-state index is -1.20. The molecule has 8 heteroatoms. The van der Waals surface area contributed by atoms with E-state index in [9.17, 15) is 15.0 Å². The van der Waals surface area contributed by atoms with Gasteiger partial charge in [0.2, 0.25) is 5.91 Å². The van der Waals surface area contributed by atoms with Gasteiger partial charge in [-0.3, -0.25) is 4.79 Å². The Kier molecular flexibility index (Phi) is 3.63. The molecule has 2 unspecified atom stereocenters. The van der Waals surface area contributed by atoms with Gasteiger partial charge in [-0.2, -0.15) is 0 Å². The molecule has 0 saturated carbocycles. The van der Waals surface area contributed by atoms with Crippen molar-refractivity contribution in [1.29, 1.82) is 0 Å². The lowest BCUT2D eigenvalue weighted by Crippen LogP contribution is -2.34. The van der Waals surface area contributed by atoms with E-state index in [-0.39, 0.29) is 18.3 Å². The van der Waals surface area contributed by atoms with Crippen LogP contribution < -0.4 is 11.1 Å². The Labute approximate surface area is 108 Å². The summed E-state index contributed by atoms with van der Waals surface area (Å²) in [5, 5.41) is 22.8. The van der Waals surface area contributed by atoms with Crippen LogP contribution in [0.25, 0.3) is 11.0 Å². The highest BCUT2D eigenvalue weighted by Crippen LogP contribution is 2.28. The third-order valence-corrected chi connectivity index (χ3v) is 2.77. The number of nitrogens with zero attached hydrogens (tertiary/aromatic N) is 2. The first kappa shape index (κ1) is 13.2. The predicted molar refractivity (Wildman–Crippen MR) is 68.0 cm³/mol. The van der Waals surface area contributed by atoms with E-state index in [0.29, 0.717) is 16.6 Å². The number of hydrogen-bond acceptors (Lipinski definition) is 6. The molecule has 2 rings (SSSR count). The summed E-state index contributed by atoms with van der Waals surface area (Å²) in [4.78, 5) is 21.4. The van der Waals surface area contributed by atoms with Gasteiger partial charge < -0.3 is 26.2 Å². The molecule has 0 aromatic carbocycles. The summed E-state index contributed by atoms with van der Waals surface area (Å²) in [5.41, 5.74) is 6.60. The van der Waals surface area contributed by atoms with Crippen molar-refractivity contribution in [1.82, 2.24) is 20.3 Å². The molecule has 0 bridgehead atoms. The van der Waals surface area contributed by atoms with Crippen molar-refractivity contribution in [3.8, 4) is 0 Å². The smallest absolute Gasteiger partial charge is 0.216 e. The summed E-state index contributed by atoms with van der Waals surface area (Å²) < 4.78 is 0. The molecular formula is C11H15N5O3. The van der Waals surface area contributed by atoms with Gasteiger partial charge in [-0.15, -0.1) is 0 Å². The first-order valence-corrected chi connectivity index (χ1v) is 5.68. The van der Waals surface area contributed by atoms with Crippen LogP contribution in [-0.4, -0.2) is 43.7 Å². The van der Waals surface area contributed by atoms with Crippen LogP contribution in [0.5, 0.6) is 0 Å². The van der Waals surface area contributed by atoms with Crippen molar-refractivity contribution < 1.29 is 15.0 Å². The zero-order valence-corrected chi connectivity index (χ0v) is 10.3. The molecule has 6 N–H and O–H groups in total. The summed E-state index contributed by atoms with van der Waals surface area (Å²) in [5.74, 6) is -0.0694. The van der Waals surface area contributed by atoms with E-state index in [0.717, 1.165) is 0 Å². The molecule has 0 aliphatic rings. The number of nitrogens with two attached hydrogens (primary N) is 1. The van der Waals surface area contributed by atoms with Crippen LogP contribution in [-0.2, 0) is 4.79 Å². The van der Waals surface area contributed by atoms with E-state index < -0.39 is 12.2 Å². The van der Waals surface area contributed by atoms with E-state index >= 15 is 0 Å². The Balaban J connectivity index is 2.26. The lowest BCUT2D eigenvalue weighted by molar-refractivity contribution is -0.119. The predicted octanol–water partition coefficient (Wildman–Crippen LogP) is -0.930. The molecule has 102 valence electrons. The molecule has 8 nitrogen and oxygen atoms in total. The fraction of sp³-hybridized carbons (Fsp3) is 0.364. The van der Waals surface area contributed by atoms with Crippen molar-refractivity contribution in [2.45, 2.75) is 19.1 Å². The van der Waals surface area contributed by atoms with Gasteiger partial charge in [0.1, 0.15) is 30.0 Å². The highest BCUT2D eigenvalue weighted by atomic mass is 16.3. The molecule has 2 aromatic rings. The van der Waals surface area contributed by atoms with E-state index in [1.807, 2.05) is 0 Å². The SMILES string of the molecule is CC(=O)NCC(O)C(O)c1c[nH]c2ncnc(N)c12. The Morgan fingerprint density at radius 1 is 1.53 bits per heavy atom. The molecule has 0 saturated heterocycles. The topological polar surface area (TPSA) is 137 Å². The Morgan fingerprint density at radius 3 is 2.95 bits per heavy atom. The Morgan fingerprint density at radius 2 is 2.26 bits per heavy atom. The van der Waals surface area contributed by atoms with E-state index in [4.69, 9.17) is 5.73 Å². The van der Waals surface area contributed by atoms with Gasteiger partial charge in [0.15, 0.2) is 0 Å². The monoisotopic (exact) mass is 265 g/mol. The number of fused-ring (bicyclic) bond motifs is 1. The van der Waals surface area contributed by atoms with Crippen molar-refractivity contribution >= 4 is 22.8 Å². The van der Waals surface area contributed by atoms with Crippen molar-refractivity contribution in [2.75, 3.05) is 12.3 Å². The maximum atomic E-state index is 10.8. The first-order valence-electron chi connectivity index (χ1n) is 5.68. The number of amides is 1. The van der Waals surface area contributed by atoms with Crippen LogP contribution in [0.2, 0.25) is 0 Å². The van der Waals surface area contributed by atoms with Gasteiger partial charge in [0.25, 0.3) is 0 Å². The average molecular weight is 265 g/mol. The number of aliphatic hydroxyl groups is 2. The minimum absolute atomic E-state index is 0.0588. The molecule has 0 aliphatic heterocycles. The van der Waals surface area contributed by atoms with E-state index in [1.54, 1.807) is 0 Å². The quantitative estimate of drug-likeness (QED) is 0.484. The fourth-order valence-electron chi connectivity index (χ4n) is 1.81. The molecular weight excluding hydrogens is 250 g/mol. The fourth-order valence-corrected chi connectivity index (χ4v) is 1.81. The van der Waals surface area contributed by atoms with Crippen LogP contribution in [0.15, 0.2) is 12.5 Å². The van der Waals surface area contributed by atoms with Crippen molar-refractivity contribution in [3.05, 3.63) is 18.1 Å². The number of rotatable bonds is 4. The standard InChI is InChI=1S/C11H15N5O3/c1-5(17)13-3-7(18)9(19)6-2-14-11-8(6)10(12)15-4-16-11/h2,4,7,9,18-19H,3H2,1H3,(H,13,17)(H3,12,14,15,16). The van der Waals surface area contributed by atoms with Crippen LogP contribution in [0.4, 0.5) is 5.82 Å². The Bertz CT molecular complexity index is 597. The minimum Gasteiger partial charge on any atom is -0.388 e. The average Bonchev–Trinajstić information content (AvgIpc) is 2.80. The maximum absolute atomic E-state index is 10.8. The van der Waals surface area contributed by atoms with Crippen LogP contribution in [0.3, 0.4) is 0 Å². The highest BCUT2D eigenvalue weighted by Gasteiger charge is 2.23. The number of nitrogen functional groups attached to an aromatic ring is 1. The molecule has 0 aliphatic carbocycles. The highest BCUT2D eigenvalue weighted by molar-refractivity contribution is 5.89. The maximum Gasteiger partial charge on any atom is 0.216 e. The zero-order chi connectivity index (χ0) is 14.0. The van der Waals surface area contributed by atoms with Crippen LogP contribution >= 0.6 is 0 Å². The number of aliphatic hydroxyl groups excluding tert-OH is 2. The zero-order valence-electron chi connectivity index (χ0n) is 10.3. The van der Waals surface area contributed by atoms with Gasteiger partial charge in [-0.05, 0) is 0 Å². The van der Waals surface area contributed by atoms with Gasteiger partial charge in [0.05, 0.1) is 5.39 Å². The second-order valence-corrected chi connectivity index (χ2v) is 4.18. The summed E-state index contributed by atoms with van der Waals surface area (Å²) >= 11 is 0. The van der Waals surface area contributed by atoms with Crippen molar-refractivity contribution in [2.24, 2.45) is 0 Å². The molecule has 0 radical (unpaired) electrons. The number of aromatic amines is 1. The van der Waals surface area contributed by atoms with Gasteiger partial charge in [-0.1, -0.05) is 0 Å². The number of anilines is 1. The molecule has 2 atom stereocenters. The number of hydrogen-bond donors (Lipinski definition) is 5. The molecule has 1 amide bonds. The number of H-pyrrole nitrogens is 1. The van der Waals surface area contributed by atoms with Gasteiger partial charge in [-0.25, -0.2) is 9.97 Å². The Hall–Kier alpha value is -2.19. The lowest BCUT2D eigenvalue weighted by atomic mass is 10.0. The summed E-state index contributed by atoms with van der Waals surface area (Å²) in [7, 11) is 0. The van der Waals surface area contributed by atoms with E-state index in [1.165, 1.54) is 19.4 Å². The number of carbonyl (C=O) groups is 1. The first-order chi connectivity index (χ1) is 9.00. The van der Waals surface area contributed by atoms with E-state index in [2.05, 4.69) is 20.3 Å². The lowest BCUT2D eigenvalue weighted by Gasteiger charge is -2.17. The second kappa shape index (κ2) is 5.21. The number of nitrogens with one attached hydrogen (secondary N) is 2. The molecule has 2 aromatic heterocycles. The summed E-state index contributed by atoms with van der Waals surface area (Å²) in [6.45, 7) is 1.27. The molecule has 2 heterocycles. The van der Waals surface area contributed by atoms with Gasteiger partial charge in [0, 0.05) is 25.2 Å². The largest absolute Gasteiger partial charge is 0.388 e. The normalized spacial score (nSPS) is 14.3. The second-order valence-electron chi connectivity index (χ2n) is 4.18. The van der Waals surface area contributed by atoms with Crippen LogP contribution in [0.1, 0.15) is 18.6 Å². The van der Waals surface area contributed by atoms with Gasteiger partial charge >= 0.3 is 0 Å². The molecule has 0 fully saturated rings. The summed E-state index contributed by atoms with van der Waals surface area (Å²) in [6, 6.07) is 0.